The zero-order chi connectivity index (χ0) is 13.8. The van der Waals surface area contributed by atoms with E-state index in [4.69, 9.17) is 11.6 Å². The van der Waals surface area contributed by atoms with Crippen molar-refractivity contribution in [2.45, 2.75) is 10.3 Å². The molecule has 0 fully saturated rings. The Morgan fingerprint density at radius 1 is 1.56 bits per heavy atom. The van der Waals surface area contributed by atoms with Gasteiger partial charge >= 0.3 is 5.97 Å². The largest absolute Gasteiger partial charge is 0.468 e. The summed E-state index contributed by atoms with van der Waals surface area (Å²) in [6.07, 6.45) is 0. The Kier molecular flexibility index (Phi) is 5.58. The fourth-order valence-corrected chi connectivity index (χ4v) is 3.01. The summed E-state index contributed by atoms with van der Waals surface area (Å²) in [7, 11) is -2.51. The van der Waals surface area contributed by atoms with Crippen molar-refractivity contribution in [3.8, 4) is 0 Å². The lowest BCUT2D eigenvalue weighted by Crippen LogP contribution is -2.34. The lowest BCUT2D eigenvalue weighted by molar-refractivity contribution is -0.140. The normalized spacial score (nSPS) is 13.1. The third-order valence-corrected chi connectivity index (χ3v) is 4.26. The summed E-state index contributed by atoms with van der Waals surface area (Å²) in [4.78, 5) is 11.1. The topological polar surface area (TPSA) is 72.5 Å². The molecule has 5 nitrogen and oxygen atoms in total. The van der Waals surface area contributed by atoms with E-state index < -0.39 is 21.4 Å². The van der Waals surface area contributed by atoms with E-state index in [0.29, 0.717) is 4.47 Å². The highest BCUT2D eigenvalue weighted by molar-refractivity contribution is 9.10. The number of esters is 1. The van der Waals surface area contributed by atoms with Crippen LogP contribution in [0.4, 0.5) is 0 Å². The highest BCUT2D eigenvalue weighted by Gasteiger charge is 2.20. The summed E-state index contributed by atoms with van der Waals surface area (Å²) in [5.74, 6) is -0.686. The van der Waals surface area contributed by atoms with Crippen LogP contribution in [0.3, 0.4) is 0 Å². The number of alkyl halides is 1. The quantitative estimate of drug-likeness (QED) is 0.641. The van der Waals surface area contributed by atoms with Crippen LogP contribution in [0.5, 0.6) is 0 Å². The second-order valence-electron chi connectivity index (χ2n) is 3.30. The van der Waals surface area contributed by atoms with Crippen LogP contribution >= 0.6 is 27.5 Å². The Morgan fingerprint density at radius 3 is 2.78 bits per heavy atom. The molecule has 0 aliphatic heterocycles. The third-order valence-electron chi connectivity index (χ3n) is 2.02. The summed E-state index contributed by atoms with van der Waals surface area (Å²) in [6.45, 7) is -0.233. The molecule has 0 aliphatic rings. The lowest BCUT2D eigenvalue weighted by atomic mass is 10.4. The predicted octanol–water partition coefficient (Wildman–Crippen LogP) is 1.51. The van der Waals surface area contributed by atoms with E-state index >= 15 is 0 Å². The van der Waals surface area contributed by atoms with E-state index in [0.717, 1.165) is 0 Å². The first-order valence-electron chi connectivity index (χ1n) is 4.84. The summed E-state index contributed by atoms with van der Waals surface area (Å²) < 4.78 is 31.0. The van der Waals surface area contributed by atoms with Gasteiger partial charge in [-0.1, -0.05) is 22.0 Å². The number of hydrogen-bond acceptors (Lipinski definition) is 4. The molecule has 100 valence electrons. The van der Waals surface area contributed by atoms with Gasteiger partial charge in [0.05, 0.1) is 12.0 Å². The highest BCUT2D eigenvalue weighted by atomic mass is 79.9. The zero-order valence-electron chi connectivity index (χ0n) is 9.39. The number of methoxy groups -OCH3 is 1. The van der Waals surface area contributed by atoms with Crippen molar-refractivity contribution in [1.82, 2.24) is 4.72 Å². The van der Waals surface area contributed by atoms with Gasteiger partial charge in [-0.3, -0.25) is 4.79 Å². The van der Waals surface area contributed by atoms with Crippen molar-refractivity contribution in [3.05, 3.63) is 28.7 Å². The van der Waals surface area contributed by atoms with E-state index in [1.807, 2.05) is 0 Å². The Labute approximate surface area is 119 Å². The van der Waals surface area contributed by atoms with Crippen LogP contribution < -0.4 is 4.72 Å². The third kappa shape index (κ3) is 4.24. The molecule has 1 aromatic carbocycles. The van der Waals surface area contributed by atoms with Crippen LogP contribution in [0.25, 0.3) is 0 Å². The van der Waals surface area contributed by atoms with Crippen molar-refractivity contribution in [1.29, 1.82) is 0 Å². The zero-order valence-corrected chi connectivity index (χ0v) is 12.5. The van der Waals surface area contributed by atoms with Gasteiger partial charge in [0.1, 0.15) is 5.38 Å². The van der Waals surface area contributed by atoms with E-state index in [2.05, 4.69) is 25.4 Å². The van der Waals surface area contributed by atoms with Crippen LogP contribution in [-0.2, 0) is 19.6 Å². The summed E-state index contributed by atoms with van der Waals surface area (Å²) in [5, 5.41) is -1.06. The molecule has 18 heavy (non-hydrogen) atoms. The van der Waals surface area contributed by atoms with E-state index in [9.17, 15) is 13.2 Å². The molecule has 0 radical (unpaired) electrons. The molecule has 0 saturated carbocycles. The number of carbonyl (C=O) groups is 1. The molecule has 1 unspecified atom stereocenters. The average Bonchev–Trinajstić information content (AvgIpc) is 2.35. The van der Waals surface area contributed by atoms with E-state index in [1.165, 1.54) is 19.2 Å². The molecule has 0 amide bonds. The smallest absolute Gasteiger partial charge is 0.325 e. The molecule has 0 spiro atoms. The van der Waals surface area contributed by atoms with Crippen molar-refractivity contribution < 1.29 is 17.9 Å². The fraction of sp³-hybridized carbons (Fsp3) is 0.300. The van der Waals surface area contributed by atoms with Crippen molar-refractivity contribution in [3.63, 3.8) is 0 Å². The van der Waals surface area contributed by atoms with Gasteiger partial charge in [-0.2, -0.15) is 0 Å². The van der Waals surface area contributed by atoms with E-state index in [1.54, 1.807) is 12.1 Å². The second kappa shape index (κ2) is 6.51. The number of ether oxygens (including phenoxy) is 1. The standard InChI is InChI=1S/C10H11BrClNO4S/c1-17-10(14)9(12)6-13-18(15,16)8-4-2-3-7(11)5-8/h2-5,9,13H,6H2,1H3. The molecule has 0 bridgehead atoms. The van der Waals surface area contributed by atoms with Gasteiger partial charge in [-0.05, 0) is 18.2 Å². The monoisotopic (exact) mass is 355 g/mol. The Hall–Kier alpha value is -0.630. The van der Waals surface area contributed by atoms with Crippen LogP contribution in [0.15, 0.2) is 33.6 Å². The number of sulfonamides is 1. The van der Waals surface area contributed by atoms with Crippen molar-refractivity contribution in [2.75, 3.05) is 13.7 Å². The van der Waals surface area contributed by atoms with Gasteiger partial charge in [0, 0.05) is 11.0 Å². The van der Waals surface area contributed by atoms with Gasteiger partial charge < -0.3 is 4.74 Å². The molecular weight excluding hydrogens is 346 g/mol. The van der Waals surface area contributed by atoms with Crippen molar-refractivity contribution in [2.24, 2.45) is 0 Å². The predicted molar refractivity (Wildman–Crippen MR) is 71.0 cm³/mol. The van der Waals surface area contributed by atoms with E-state index in [-0.39, 0.29) is 11.4 Å². The fourth-order valence-electron chi connectivity index (χ4n) is 1.11. The minimum absolute atomic E-state index is 0.0885. The first-order valence-corrected chi connectivity index (χ1v) is 7.55. The lowest BCUT2D eigenvalue weighted by Gasteiger charge is -2.09. The summed E-state index contributed by atoms with van der Waals surface area (Å²) >= 11 is 8.82. The maximum atomic E-state index is 11.9. The number of hydrogen-bond donors (Lipinski definition) is 1. The SMILES string of the molecule is COC(=O)C(Cl)CNS(=O)(=O)c1cccc(Br)c1. The molecule has 0 saturated heterocycles. The number of halogens is 2. The minimum Gasteiger partial charge on any atom is -0.468 e. The van der Waals surface area contributed by atoms with Crippen LogP contribution in [0.1, 0.15) is 0 Å². The molecule has 0 aromatic heterocycles. The first-order chi connectivity index (χ1) is 8.36. The molecule has 1 N–H and O–H groups in total. The highest BCUT2D eigenvalue weighted by Crippen LogP contribution is 2.15. The average molecular weight is 357 g/mol. The number of benzene rings is 1. The van der Waals surface area contributed by atoms with Gasteiger partial charge in [0.25, 0.3) is 0 Å². The van der Waals surface area contributed by atoms with Gasteiger partial charge in [0.2, 0.25) is 10.0 Å². The molecular formula is C10H11BrClNO4S. The maximum absolute atomic E-state index is 11.9. The van der Waals surface area contributed by atoms with Gasteiger partial charge in [-0.15, -0.1) is 11.6 Å². The molecule has 1 rings (SSSR count). The maximum Gasteiger partial charge on any atom is 0.325 e. The van der Waals surface area contributed by atoms with Crippen LogP contribution in [0.2, 0.25) is 0 Å². The Morgan fingerprint density at radius 2 is 2.22 bits per heavy atom. The molecule has 8 heteroatoms. The Balaban J connectivity index is 2.75. The number of carbonyl (C=O) groups excluding carboxylic acids is 1. The number of rotatable bonds is 5. The minimum atomic E-state index is -3.69. The second-order valence-corrected chi connectivity index (χ2v) is 6.51. The first kappa shape index (κ1) is 15.4. The van der Waals surface area contributed by atoms with Gasteiger partial charge in [0.15, 0.2) is 0 Å². The molecule has 0 heterocycles. The van der Waals surface area contributed by atoms with Crippen LogP contribution in [-0.4, -0.2) is 33.4 Å². The van der Waals surface area contributed by atoms with Gasteiger partial charge in [-0.25, -0.2) is 13.1 Å². The Bertz CT molecular complexity index is 534. The number of nitrogens with one attached hydrogen (secondary N) is 1. The van der Waals surface area contributed by atoms with Crippen LogP contribution in [0, 0.1) is 0 Å². The molecule has 1 atom stereocenters. The summed E-state index contributed by atoms with van der Waals surface area (Å²) in [6, 6.07) is 6.19. The molecule has 1 aromatic rings. The molecule has 0 aliphatic carbocycles. The summed E-state index contributed by atoms with van der Waals surface area (Å²) in [5.41, 5.74) is 0. The van der Waals surface area contributed by atoms with Crippen molar-refractivity contribution >= 4 is 43.5 Å².